The first-order valence-electron chi connectivity index (χ1n) is 5.69. The van der Waals surface area contributed by atoms with Crippen LogP contribution in [0.3, 0.4) is 0 Å². The van der Waals surface area contributed by atoms with Gasteiger partial charge in [0.25, 0.3) is 0 Å². The zero-order valence-corrected chi connectivity index (χ0v) is 11.7. The van der Waals surface area contributed by atoms with Crippen LogP contribution in [0.5, 0.6) is 0 Å². The predicted molar refractivity (Wildman–Crippen MR) is 69.4 cm³/mol. The molecule has 1 atom stereocenters. The van der Waals surface area contributed by atoms with E-state index in [2.05, 4.69) is 5.10 Å². The average molecular weight is 258 g/mol. The number of hydrogen-bond donors (Lipinski definition) is 1. The first kappa shape index (κ1) is 14.2. The molecule has 0 saturated heterocycles. The van der Waals surface area contributed by atoms with Crippen LogP contribution in [0.2, 0.25) is 5.02 Å². The molecule has 1 aromatic heterocycles. The van der Waals surface area contributed by atoms with Crippen LogP contribution < -0.4 is 5.73 Å². The van der Waals surface area contributed by atoms with Crippen molar-refractivity contribution >= 4 is 17.4 Å². The first-order chi connectivity index (χ1) is 7.66. The van der Waals surface area contributed by atoms with Gasteiger partial charge in [-0.1, -0.05) is 32.4 Å². The van der Waals surface area contributed by atoms with Crippen LogP contribution in [0, 0.1) is 5.41 Å². The van der Waals surface area contributed by atoms with Crippen LogP contribution in [0.25, 0.3) is 0 Å². The summed E-state index contributed by atoms with van der Waals surface area (Å²) in [6.07, 6.45) is 1.49. The lowest BCUT2D eigenvalue weighted by atomic mass is 9.84. The van der Waals surface area contributed by atoms with Gasteiger partial charge in [-0.15, -0.1) is 0 Å². The molecule has 0 saturated carbocycles. The maximum Gasteiger partial charge on any atom is 0.199 e. The van der Waals surface area contributed by atoms with Crippen molar-refractivity contribution in [1.82, 2.24) is 9.78 Å². The van der Waals surface area contributed by atoms with Crippen LogP contribution in [-0.2, 0) is 0 Å². The molecule has 2 N–H and O–H groups in total. The van der Waals surface area contributed by atoms with Gasteiger partial charge in [-0.25, -0.2) is 0 Å². The Balaban J connectivity index is 3.17. The molecule has 0 spiro atoms. The van der Waals surface area contributed by atoms with Crippen molar-refractivity contribution in [1.29, 1.82) is 0 Å². The van der Waals surface area contributed by atoms with E-state index in [4.69, 9.17) is 17.3 Å². The summed E-state index contributed by atoms with van der Waals surface area (Å²) >= 11 is 6.02. The number of nitrogens with two attached hydrogens (primary N) is 1. The SMILES string of the molecule is CC(C)n1ncc(Cl)c1C(=O)C(N)C(C)(C)C. The van der Waals surface area contributed by atoms with E-state index in [-0.39, 0.29) is 17.2 Å². The van der Waals surface area contributed by atoms with Crippen molar-refractivity contribution in [2.75, 3.05) is 0 Å². The van der Waals surface area contributed by atoms with Crippen LogP contribution in [-0.4, -0.2) is 21.6 Å². The molecule has 1 unspecified atom stereocenters. The molecule has 0 radical (unpaired) electrons. The third-order valence-corrected chi connectivity index (χ3v) is 2.97. The Morgan fingerprint density at radius 2 is 2.00 bits per heavy atom. The number of halogens is 1. The summed E-state index contributed by atoms with van der Waals surface area (Å²) in [6.45, 7) is 9.68. The Morgan fingerprint density at radius 1 is 1.47 bits per heavy atom. The maximum absolute atomic E-state index is 12.3. The van der Waals surface area contributed by atoms with Gasteiger partial charge in [0.2, 0.25) is 0 Å². The molecule has 1 aromatic rings. The highest BCUT2D eigenvalue weighted by atomic mass is 35.5. The van der Waals surface area contributed by atoms with E-state index in [1.807, 2.05) is 34.6 Å². The van der Waals surface area contributed by atoms with Crippen molar-refractivity contribution in [3.63, 3.8) is 0 Å². The van der Waals surface area contributed by atoms with Gasteiger partial charge in [0.1, 0.15) is 5.69 Å². The monoisotopic (exact) mass is 257 g/mol. The summed E-state index contributed by atoms with van der Waals surface area (Å²) in [5.41, 5.74) is 6.08. The van der Waals surface area contributed by atoms with Crippen molar-refractivity contribution in [3.05, 3.63) is 16.9 Å². The predicted octanol–water partition coefficient (Wildman–Crippen LogP) is 2.67. The molecule has 17 heavy (non-hydrogen) atoms. The number of carbonyl (C=O) groups is 1. The Kier molecular flexibility index (Phi) is 3.99. The topological polar surface area (TPSA) is 60.9 Å². The minimum absolute atomic E-state index is 0.0774. The molecular formula is C12H20ClN3O. The fourth-order valence-corrected chi connectivity index (χ4v) is 1.73. The van der Waals surface area contributed by atoms with Gasteiger partial charge < -0.3 is 5.73 Å². The first-order valence-corrected chi connectivity index (χ1v) is 6.07. The molecule has 0 aromatic carbocycles. The van der Waals surface area contributed by atoms with Crippen molar-refractivity contribution in [2.24, 2.45) is 11.1 Å². The molecule has 0 aliphatic rings. The molecule has 96 valence electrons. The van der Waals surface area contributed by atoms with Gasteiger partial charge in [0, 0.05) is 6.04 Å². The second-order valence-corrected chi connectivity index (χ2v) is 5.99. The van der Waals surface area contributed by atoms with E-state index in [1.165, 1.54) is 6.20 Å². The highest BCUT2D eigenvalue weighted by Crippen LogP contribution is 2.25. The molecule has 0 fully saturated rings. The van der Waals surface area contributed by atoms with Crippen LogP contribution in [0.4, 0.5) is 0 Å². The van der Waals surface area contributed by atoms with E-state index in [9.17, 15) is 4.79 Å². The second kappa shape index (κ2) is 4.78. The fourth-order valence-electron chi connectivity index (χ4n) is 1.50. The normalized spacial score (nSPS) is 14.1. The van der Waals surface area contributed by atoms with E-state index < -0.39 is 6.04 Å². The van der Waals surface area contributed by atoms with Crippen molar-refractivity contribution in [2.45, 2.75) is 46.7 Å². The maximum atomic E-state index is 12.3. The number of nitrogens with zero attached hydrogens (tertiary/aromatic N) is 2. The summed E-state index contributed by atoms with van der Waals surface area (Å²) in [5.74, 6) is -0.159. The van der Waals surface area contributed by atoms with E-state index in [0.717, 1.165) is 0 Å². The summed E-state index contributed by atoms with van der Waals surface area (Å²) in [4.78, 5) is 12.3. The van der Waals surface area contributed by atoms with Gasteiger partial charge in [0.05, 0.1) is 17.3 Å². The van der Waals surface area contributed by atoms with Gasteiger partial charge in [-0.2, -0.15) is 5.10 Å². The largest absolute Gasteiger partial charge is 0.321 e. The van der Waals surface area contributed by atoms with Crippen LogP contribution in [0.1, 0.15) is 51.1 Å². The number of hydrogen-bond acceptors (Lipinski definition) is 3. The molecule has 4 nitrogen and oxygen atoms in total. The number of aromatic nitrogens is 2. The summed E-state index contributed by atoms with van der Waals surface area (Å²) < 4.78 is 1.62. The van der Waals surface area contributed by atoms with Crippen LogP contribution >= 0.6 is 11.6 Å². The van der Waals surface area contributed by atoms with Crippen molar-refractivity contribution in [3.8, 4) is 0 Å². The molecule has 1 heterocycles. The minimum Gasteiger partial charge on any atom is -0.321 e. The highest BCUT2D eigenvalue weighted by molar-refractivity contribution is 6.33. The molecule has 1 rings (SSSR count). The Hall–Kier alpha value is -0.870. The number of Topliss-reactive ketones (excluding diaryl/α,β-unsaturated/α-hetero) is 1. The van der Waals surface area contributed by atoms with Gasteiger partial charge >= 0.3 is 0 Å². The molecule has 5 heteroatoms. The molecule has 0 bridgehead atoms. The third kappa shape index (κ3) is 2.87. The van der Waals surface area contributed by atoms with E-state index in [1.54, 1.807) is 4.68 Å². The lowest BCUT2D eigenvalue weighted by Crippen LogP contribution is -2.43. The second-order valence-electron chi connectivity index (χ2n) is 5.59. The Bertz CT molecular complexity index is 418. The van der Waals surface area contributed by atoms with Gasteiger partial charge in [-0.05, 0) is 19.3 Å². The standard InChI is InChI=1S/C12H20ClN3O/c1-7(2)16-9(8(13)6-15-16)10(17)11(14)12(3,4)5/h6-7,11H,14H2,1-5H3. The zero-order valence-electron chi connectivity index (χ0n) is 11.0. The smallest absolute Gasteiger partial charge is 0.199 e. The van der Waals surface area contributed by atoms with Gasteiger partial charge in [-0.3, -0.25) is 9.48 Å². The summed E-state index contributed by atoms with van der Waals surface area (Å²) in [6, 6.07) is -0.511. The lowest BCUT2D eigenvalue weighted by Gasteiger charge is -2.26. The lowest BCUT2D eigenvalue weighted by molar-refractivity contribution is 0.0888. The Labute approximate surface area is 107 Å². The Morgan fingerprint density at radius 3 is 2.41 bits per heavy atom. The third-order valence-electron chi connectivity index (χ3n) is 2.69. The van der Waals surface area contributed by atoms with Crippen LogP contribution in [0.15, 0.2) is 6.20 Å². The van der Waals surface area contributed by atoms with E-state index >= 15 is 0 Å². The molecular weight excluding hydrogens is 238 g/mol. The van der Waals surface area contributed by atoms with Gasteiger partial charge in [0.15, 0.2) is 5.78 Å². The molecule has 0 aliphatic carbocycles. The number of ketones is 1. The fraction of sp³-hybridized carbons (Fsp3) is 0.667. The average Bonchev–Trinajstić information content (AvgIpc) is 2.56. The van der Waals surface area contributed by atoms with Crippen molar-refractivity contribution < 1.29 is 4.79 Å². The van der Waals surface area contributed by atoms with E-state index in [0.29, 0.717) is 10.7 Å². The summed E-state index contributed by atoms with van der Waals surface area (Å²) in [7, 11) is 0. The zero-order chi connectivity index (χ0) is 13.4. The molecule has 0 amide bonds. The highest BCUT2D eigenvalue weighted by Gasteiger charge is 2.32. The number of rotatable bonds is 3. The summed E-state index contributed by atoms with van der Waals surface area (Å²) in [5, 5.41) is 4.47. The minimum atomic E-state index is -0.589. The quantitative estimate of drug-likeness (QED) is 0.847. The number of carbonyl (C=O) groups excluding carboxylic acids is 1. The molecule has 0 aliphatic heterocycles.